The first-order chi connectivity index (χ1) is 16.0. The van der Waals surface area contributed by atoms with Crippen LogP contribution in [0.3, 0.4) is 0 Å². The van der Waals surface area contributed by atoms with E-state index in [1.807, 2.05) is 19.9 Å². The molecule has 1 atom stereocenters. The van der Waals surface area contributed by atoms with E-state index in [1.54, 1.807) is 42.3 Å². The maximum absolute atomic E-state index is 13.9. The maximum Gasteiger partial charge on any atom is 0.243 e. The van der Waals surface area contributed by atoms with Gasteiger partial charge in [0.2, 0.25) is 5.91 Å². The van der Waals surface area contributed by atoms with Crippen LogP contribution in [-0.2, 0) is 11.3 Å². The van der Waals surface area contributed by atoms with Gasteiger partial charge in [-0.2, -0.15) is 15.5 Å². The molecule has 3 heterocycles. The Labute approximate surface area is 192 Å². The highest BCUT2D eigenvalue weighted by atomic mass is 19.1. The number of halogens is 1. The van der Waals surface area contributed by atoms with Crippen LogP contribution < -0.4 is 0 Å². The summed E-state index contributed by atoms with van der Waals surface area (Å²) in [6.07, 6.45) is 6.23. The van der Waals surface area contributed by atoms with Crippen LogP contribution in [-0.4, -0.2) is 31.9 Å². The molecule has 0 bridgehead atoms. The first kappa shape index (κ1) is 23.8. The SMILES string of the molecule is C=C(CCC(=O)N1N=CCC1c1cnc(C)c(F)c1)Cn1ncc2cc(C#N)ccc21.CC. The lowest BCUT2D eigenvalue weighted by molar-refractivity contribution is -0.133. The zero-order valence-electron chi connectivity index (χ0n) is 19.1. The number of aromatic nitrogens is 3. The monoisotopic (exact) mass is 446 g/mol. The zero-order chi connectivity index (χ0) is 24.0. The Kier molecular flexibility index (Phi) is 7.67. The van der Waals surface area contributed by atoms with Gasteiger partial charge in [-0.15, -0.1) is 0 Å². The van der Waals surface area contributed by atoms with Crippen LogP contribution in [0.25, 0.3) is 10.9 Å². The molecular weight excluding hydrogens is 419 g/mol. The predicted molar refractivity (Wildman–Crippen MR) is 126 cm³/mol. The largest absolute Gasteiger partial charge is 0.273 e. The average molecular weight is 447 g/mol. The van der Waals surface area contributed by atoms with Gasteiger partial charge in [0.1, 0.15) is 5.82 Å². The first-order valence-corrected chi connectivity index (χ1v) is 10.9. The van der Waals surface area contributed by atoms with Crippen molar-refractivity contribution in [2.24, 2.45) is 5.10 Å². The fourth-order valence-electron chi connectivity index (χ4n) is 3.61. The number of hydrazone groups is 1. The summed E-state index contributed by atoms with van der Waals surface area (Å²) >= 11 is 0. The number of pyridine rings is 1. The molecule has 0 radical (unpaired) electrons. The zero-order valence-corrected chi connectivity index (χ0v) is 19.1. The van der Waals surface area contributed by atoms with Crippen molar-refractivity contribution in [3.8, 4) is 6.07 Å². The maximum atomic E-state index is 13.9. The number of benzene rings is 1. The molecule has 3 aromatic rings. The Bertz CT molecular complexity index is 1240. The molecule has 0 saturated carbocycles. The van der Waals surface area contributed by atoms with E-state index in [2.05, 4.69) is 27.8 Å². The summed E-state index contributed by atoms with van der Waals surface area (Å²) in [5.41, 5.74) is 3.30. The highest BCUT2D eigenvalue weighted by molar-refractivity contribution is 5.81. The minimum absolute atomic E-state index is 0.148. The summed E-state index contributed by atoms with van der Waals surface area (Å²) in [4.78, 5) is 16.8. The molecule has 1 aromatic carbocycles. The number of fused-ring (bicyclic) bond motifs is 1. The fourth-order valence-corrected chi connectivity index (χ4v) is 3.61. The smallest absolute Gasteiger partial charge is 0.243 e. The summed E-state index contributed by atoms with van der Waals surface area (Å²) < 4.78 is 15.7. The molecule has 4 rings (SSSR count). The number of allylic oxidation sites excluding steroid dienone is 1. The van der Waals surface area contributed by atoms with Gasteiger partial charge in [-0.05, 0) is 43.2 Å². The number of hydrogen-bond acceptors (Lipinski definition) is 5. The van der Waals surface area contributed by atoms with Gasteiger partial charge in [0.05, 0.1) is 41.6 Å². The molecule has 1 unspecified atom stereocenters. The number of aryl methyl sites for hydroxylation is 1. The molecule has 1 amide bonds. The van der Waals surface area contributed by atoms with Crippen LogP contribution >= 0.6 is 0 Å². The minimum atomic E-state index is -0.390. The summed E-state index contributed by atoms with van der Waals surface area (Å²) in [7, 11) is 0. The van der Waals surface area contributed by atoms with Gasteiger partial charge in [0.15, 0.2) is 0 Å². The lowest BCUT2D eigenvalue weighted by atomic mass is 10.1. The predicted octanol–water partition coefficient (Wildman–Crippen LogP) is 5.07. The quantitative estimate of drug-likeness (QED) is 0.495. The second-order valence-corrected chi connectivity index (χ2v) is 7.56. The summed E-state index contributed by atoms with van der Waals surface area (Å²) in [5.74, 6) is -0.539. The van der Waals surface area contributed by atoms with Crippen LogP contribution in [0, 0.1) is 24.1 Å². The van der Waals surface area contributed by atoms with E-state index in [0.29, 0.717) is 36.2 Å². The van der Waals surface area contributed by atoms with Crippen molar-refractivity contribution in [3.63, 3.8) is 0 Å². The van der Waals surface area contributed by atoms with Crippen molar-refractivity contribution in [2.45, 2.75) is 52.6 Å². The Balaban J connectivity index is 0.00000149. The molecule has 170 valence electrons. The van der Waals surface area contributed by atoms with E-state index < -0.39 is 5.82 Å². The average Bonchev–Trinajstić information content (AvgIpc) is 3.48. The van der Waals surface area contributed by atoms with Crippen molar-refractivity contribution in [1.29, 1.82) is 5.26 Å². The Hall–Kier alpha value is -3.86. The second-order valence-electron chi connectivity index (χ2n) is 7.56. The van der Waals surface area contributed by atoms with E-state index in [4.69, 9.17) is 5.26 Å². The Morgan fingerprint density at radius 2 is 2.06 bits per heavy atom. The fraction of sp³-hybridized carbons (Fsp3) is 0.320. The van der Waals surface area contributed by atoms with Gasteiger partial charge in [-0.3, -0.25) is 14.5 Å². The van der Waals surface area contributed by atoms with Crippen molar-refractivity contribution in [2.75, 3.05) is 0 Å². The lowest BCUT2D eigenvalue weighted by Crippen LogP contribution is -2.27. The van der Waals surface area contributed by atoms with Crippen LogP contribution in [0.4, 0.5) is 4.39 Å². The lowest BCUT2D eigenvalue weighted by Gasteiger charge is -2.22. The van der Waals surface area contributed by atoms with Gasteiger partial charge < -0.3 is 0 Å². The Morgan fingerprint density at radius 3 is 2.79 bits per heavy atom. The van der Waals surface area contributed by atoms with Gasteiger partial charge in [0.25, 0.3) is 0 Å². The van der Waals surface area contributed by atoms with Crippen LogP contribution in [0.15, 0.2) is 53.9 Å². The Morgan fingerprint density at radius 1 is 1.27 bits per heavy atom. The number of nitriles is 1. The van der Waals surface area contributed by atoms with Crippen molar-refractivity contribution in [3.05, 3.63) is 71.4 Å². The highest BCUT2D eigenvalue weighted by Gasteiger charge is 2.28. The molecule has 0 aliphatic carbocycles. The van der Waals surface area contributed by atoms with Gasteiger partial charge >= 0.3 is 0 Å². The molecule has 1 aliphatic heterocycles. The number of carbonyl (C=O) groups excluding carboxylic acids is 1. The molecule has 33 heavy (non-hydrogen) atoms. The van der Waals surface area contributed by atoms with Crippen LogP contribution in [0.5, 0.6) is 0 Å². The number of hydrogen-bond donors (Lipinski definition) is 0. The molecule has 2 aromatic heterocycles. The van der Waals surface area contributed by atoms with Crippen molar-refractivity contribution >= 4 is 23.0 Å². The molecule has 0 saturated heterocycles. The van der Waals surface area contributed by atoms with E-state index in [0.717, 1.165) is 16.5 Å². The normalized spacial score (nSPS) is 14.6. The summed E-state index contributed by atoms with van der Waals surface area (Å²) in [6, 6.07) is 8.60. The van der Waals surface area contributed by atoms with Crippen LogP contribution in [0.1, 0.15) is 56.0 Å². The molecule has 8 heteroatoms. The minimum Gasteiger partial charge on any atom is -0.273 e. The molecule has 0 N–H and O–H groups in total. The summed E-state index contributed by atoms with van der Waals surface area (Å²) in [5, 5.41) is 19.9. The second kappa shape index (κ2) is 10.6. The molecule has 1 aliphatic rings. The molecule has 0 spiro atoms. The number of rotatable bonds is 6. The third kappa shape index (κ3) is 5.32. The third-order valence-corrected chi connectivity index (χ3v) is 5.35. The standard InChI is InChI=1S/C23H21FN6O.C2H6/c1-15(14-29-21-5-4-17(11-25)9-18(21)13-28-29)3-6-23(31)30-22(7-8-27-30)19-10-20(24)16(2)26-12-19;1-2/h4-5,8-10,12-13,22H,1,3,6-7,14H2,2H3;1-2H3. The van der Waals surface area contributed by atoms with Crippen LogP contribution in [0.2, 0.25) is 0 Å². The first-order valence-electron chi connectivity index (χ1n) is 10.9. The number of nitrogens with zero attached hydrogens (tertiary/aromatic N) is 6. The molecular formula is C25H27FN6O. The van der Waals surface area contributed by atoms with Gasteiger partial charge in [0, 0.05) is 30.6 Å². The van der Waals surface area contributed by atoms with E-state index in [-0.39, 0.29) is 18.4 Å². The molecule has 0 fully saturated rings. The van der Waals surface area contributed by atoms with E-state index in [1.165, 1.54) is 11.1 Å². The van der Waals surface area contributed by atoms with E-state index >= 15 is 0 Å². The van der Waals surface area contributed by atoms with Gasteiger partial charge in [-0.25, -0.2) is 9.40 Å². The van der Waals surface area contributed by atoms with Gasteiger partial charge in [-0.1, -0.05) is 26.0 Å². The van der Waals surface area contributed by atoms with E-state index in [9.17, 15) is 9.18 Å². The van der Waals surface area contributed by atoms with Crippen molar-refractivity contribution in [1.82, 2.24) is 19.8 Å². The van der Waals surface area contributed by atoms with Crippen molar-refractivity contribution < 1.29 is 9.18 Å². The number of amides is 1. The third-order valence-electron chi connectivity index (χ3n) is 5.35. The highest BCUT2D eigenvalue weighted by Crippen LogP contribution is 2.29. The number of carbonyl (C=O) groups is 1. The topological polar surface area (TPSA) is 87.2 Å². The molecule has 7 nitrogen and oxygen atoms in total. The summed E-state index contributed by atoms with van der Waals surface area (Å²) in [6.45, 7) is 10.2.